The molecule has 2 atom stereocenters. The third-order valence-electron chi connectivity index (χ3n) is 2.52. The number of carboxylic acids is 1. The fraction of sp³-hybridized carbons (Fsp3) is 0.818. The van der Waals surface area contributed by atoms with Gasteiger partial charge < -0.3 is 14.6 Å². The SMILES string of the molecule is CCC[C@H](C[C@@H]1OC(C)(C)OC1=O)C(=O)O. The van der Waals surface area contributed by atoms with Crippen molar-refractivity contribution < 1.29 is 24.2 Å². The van der Waals surface area contributed by atoms with Gasteiger partial charge in [-0.3, -0.25) is 4.79 Å². The van der Waals surface area contributed by atoms with Crippen molar-refractivity contribution >= 4 is 11.9 Å². The van der Waals surface area contributed by atoms with Crippen LogP contribution >= 0.6 is 0 Å². The molecule has 16 heavy (non-hydrogen) atoms. The van der Waals surface area contributed by atoms with Gasteiger partial charge in [-0.25, -0.2) is 4.79 Å². The van der Waals surface area contributed by atoms with E-state index in [2.05, 4.69) is 0 Å². The molecular weight excluding hydrogens is 212 g/mol. The van der Waals surface area contributed by atoms with Crippen LogP contribution in [-0.2, 0) is 19.1 Å². The molecule has 0 aromatic carbocycles. The van der Waals surface area contributed by atoms with Gasteiger partial charge in [-0.05, 0) is 12.8 Å². The molecule has 92 valence electrons. The first-order valence-corrected chi connectivity index (χ1v) is 5.49. The smallest absolute Gasteiger partial charge is 0.337 e. The van der Waals surface area contributed by atoms with E-state index in [1.165, 1.54) is 0 Å². The molecular formula is C11H18O5. The van der Waals surface area contributed by atoms with Crippen molar-refractivity contribution in [1.29, 1.82) is 0 Å². The number of cyclic esters (lactones) is 1. The van der Waals surface area contributed by atoms with Crippen molar-refractivity contribution in [1.82, 2.24) is 0 Å². The first kappa shape index (κ1) is 13.0. The Morgan fingerprint density at radius 3 is 2.56 bits per heavy atom. The number of hydrogen-bond donors (Lipinski definition) is 1. The maximum Gasteiger partial charge on any atom is 0.337 e. The van der Waals surface area contributed by atoms with Gasteiger partial charge in [-0.2, -0.15) is 0 Å². The molecule has 1 fully saturated rings. The summed E-state index contributed by atoms with van der Waals surface area (Å²) >= 11 is 0. The zero-order valence-corrected chi connectivity index (χ0v) is 9.86. The van der Waals surface area contributed by atoms with E-state index in [4.69, 9.17) is 14.6 Å². The number of hydrogen-bond acceptors (Lipinski definition) is 4. The van der Waals surface area contributed by atoms with Gasteiger partial charge in [0, 0.05) is 13.8 Å². The lowest BCUT2D eigenvalue weighted by Crippen LogP contribution is -2.26. The summed E-state index contributed by atoms with van der Waals surface area (Å²) in [5, 5.41) is 8.97. The summed E-state index contributed by atoms with van der Waals surface area (Å²) in [4.78, 5) is 22.3. The van der Waals surface area contributed by atoms with Crippen molar-refractivity contribution in [2.24, 2.45) is 5.92 Å². The minimum Gasteiger partial charge on any atom is -0.481 e. The minimum absolute atomic E-state index is 0.186. The van der Waals surface area contributed by atoms with E-state index < -0.39 is 29.7 Å². The third-order valence-corrected chi connectivity index (χ3v) is 2.52. The van der Waals surface area contributed by atoms with Gasteiger partial charge in [-0.15, -0.1) is 0 Å². The largest absolute Gasteiger partial charge is 0.481 e. The molecule has 0 aromatic heterocycles. The second-order valence-electron chi connectivity index (χ2n) is 4.49. The van der Waals surface area contributed by atoms with Crippen LogP contribution in [-0.4, -0.2) is 28.9 Å². The van der Waals surface area contributed by atoms with E-state index >= 15 is 0 Å². The minimum atomic E-state index is -0.934. The van der Waals surface area contributed by atoms with Crippen molar-refractivity contribution in [3.8, 4) is 0 Å². The van der Waals surface area contributed by atoms with Crippen LogP contribution in [0.3, 0.4) is 0 Å². The van der Waals surface area contributed by atoms with Crippen LogP contribution in [0.2, 0.25) is 0 Å². The number of aliphatic carboxylic acids is 1. The summed E-state index contributed by atoms with van der Waals surface area (Å²) in [6.45, 7) is 5.19. The molecule has 0 aliphatic carbocycles. The highest BCUT2D eigenvalue weighted by Gasteiger charge is 2.42. The molecule has 1 aliphatic rings. The number of carbonyl (C=O) groups is 2. The fourth-order valence-corrected chi connectivity index (χ4v) is 1.82. The van der Waals surface area contributed by atoms with Crippen LogP contribution in [0.25, 0.3) is 0 Å². The van der Waals surface area contributed by atoms with Crippen molar-refractivity contribution in [3.63, 3.8) is 0 Å². The first-order valence-electron chi connectivity index (χ1n) is 5.49. The van der Waals surface area contributed by atoms with Gasteiger partial charge in [0.05, 0.1) is 5.92 Å². The monoisotopic (exact) mass is 230 g/mol. The maximum absolute atomic E-state index is 11.4. The molecule has 5 heteroatoms. The lowest BCUT2D eigenvalue weighted by Gasteiger charge is -2.17. The van der Waals surface area contributed by atoms with Crippen LogP contribution in [0.5, 0.6) is 0 Å². The van der Waals surface area contributed by atoms with Crippen molar-refractivity contribution in [3.05, 3.63) is 0 Å². The molecule has 0 aromatic rings. The highest BCUT2D eigenvalue weighted by molar-refractivity contribution is 5.78. The standard InChI is InChI=1S/C11H18O5/c1-4-5-7(9(12)13)6-8-10(14)16-11(2,3)15-8/h7-8H,4-6H2,1-3H3,(H,12,13)/t7-,8+/m1/s1. The number of carboxylic acid groups (broad SMARTS) is 1. The Kier molecular flexibility index (Phi) is 3.91. The van der Waals surface area contributed by atoms with Gasteiger partial charge in [0.1, 0.15) is 0 Å². The van der Waals surface area contributed by atoms with Crippen LogP contribution in [0.15, 0.2) is 0 Å². The Bertz CT molecular complexity index is 284. The van der Waals surface area contributed by atoms with Crippen LogP contribution in [0.4, 0.5) is 0 Å². The van der Waals surface area contributed by atoms with Crippen LogP contribution in [0, 0.1) is 5.92 Å². The second kappa shape index (κ2) is 4.82. The average molecular weight is 230 g/mol. The summed E-state index contributed by atoms with van der Waals surface area (Å²) in [5.41, 5.74) is 0. The Labute approximate surface area is 94.7 Å². The highest BCUT2D eigenvalue weighted by atomic mass is 16.8. The molecule has 1 aliphatic heterocycles. The number of esters is 1. The summed E-state index contributed by atoms with van der Waals surface area (Å²) < 4.78 is 10.3. The molecule has 1 saturated heterocycles. The topological polar surface area (TPSA) is 72.8 Å². The summed E-state index contributed by atoms with van der Waals surface area (Å²) in [5.74, 6) is -2.83. The van der Waals surface area contributed by atoms with E-state index in [-0.39, 0.29) is 6.42 Å². The van der Waals surface area contributed by atoms with Gasteiger partial charge >= 0.3 is 11.9 Å². The molecule has 0 bridgehead atoms. The van der Waals surface area contributed by atoms with Gasteiger partial charge in [0.15, 0.2) is 6.10 Å². The molecule has 1 heterocycles. The maximum atomic E-state index is 11.4. The summed E-state index contributed by atoms with van der Waals surface area (Å²) in [6, 6.07) is 0. The second-order valence-corrected chi connectivity index (χ2v) is 4.49. The molecule has 0 saturated carbocycles. The van der Waals surface area contributed by atoms with E-state index in [1.807, 2.05) is 6.92 Å². The summed E-state index contributed by atoms with van der Waals surface area (Å²) in [6.07, 6.45) is 0.749. The number of ether oxygens (including phenoxy) is 2. The zero-order valence-electron chi connectivity index (χ0n) is 9.86. The van der Waals surface area contributed by atoms with Crippen LogP contribution < -0.4 is 0 Å². The zero-order chi connectivity index (χ0) is 12.3. The number of carbonyl (C=O) groups excluding carboxylic acids is 1. The van der Waals surface area contributed by atoms with E-state index in [9.17, 15) is 9.59 Å². The van der Waals surface area contributed by atoms with Crippen molar-refractivity contribution in [2.75, 3.05) is 0 Å². The Hall–Kier alpha value is -1.10. The van der Waals surface area contributed by atoms with E-state index in [0.29, 0.717) is 6.42 Å². The van der Waals surface area contributed by atoms with E-state index in [0.717, 1.165) is 6.42 Å². The summed E-state index contributed by atoms with van der Waals surface area (Å²) in [7, 11) is 0. The molecule has 1 N–H and O–H groups in total. The Morgan fingerprint density at radius 1 is 1.56 bits per heavy atom. The lowest BCUT2D eigenvalue weighted by atomic mass is 9.97. The molecule has 0 amide bonds. The third kappa shape index (κ3) is 3.20. The first-order chi connectivity index (χ1) is 7.35. The van der Waals surface area contributed by atoms with E-state index in [1.54, 1.807) is 13.8 Å². The molecule has 5 nitrogen and oxygen atoms in total. The average Bonchev–Trinajstić information content (AvgIpc) is 2.38. The van der Waals surface area contributed by atoms with Crippen molar-refractivity contribution in [2.45, 2.75) is 51.9 Å². The highest BCUT2D eigenvalue weighted by Crippen LogP contribution is 2.28. The number of rotatable bonds is 5. The molecule has 0 unspecified atom stereocenters. The quantitative estimate of drug-likeness (QED) is 0.725. The Morgan fingerprint density at radius 2 is 2.19 bits per heavy atom. The van der Waals surface area contributed by atoms with Gasteiger partial charge in [-0.1, -0.05) is 13.3 Å². The van der Waals surface area contributed by atoms with Gasteiger partial charge in [0.2, 0.25) is 5.79 Å². The predicted molar refractivity (Wildman–Crippen MR) is 55.7 cm³/mol. The lowest BCUT2D eigenvalue weighted by molar-refractivity contribution is -0.161. The normalized spacial score (nSPS) is 25.2. The predicted octanol–water partition coefficient (Wildman–Crippen LogP) is 1.56. The van der Waals surface area contributed by atoms with Crippen LogP contribution in [0.1, 0.15) is 40.0 Å². The molecule has 0 spiro atoms. The Balaban J connectivity index is 2.59. The van der Waals surface area contributed by atoms with Gasteiger partial charge in [0.25, 0.3) is 0 Å². The fourth-order valence-electron chi connectivity index (χ4n) is 1.82. The molecule has 0 radical (unpaired) electrons. The molecule has 1 rings (SSSR count).